The van der Waals surface area contributed by atoms with E-state index in [1.165, 1.54) is 13.1 Å². The number of anilines is 2. The molecule has 0 atom stereocenters. The van der Waals surface area contributed by atoms with Crippen LogP contribution in [0.5, 0.6) is 11.5 Å². The van der Waals surface area contributed by atoms with Gasteiger partial charge < -0.3 is 10.1 Å². The van der Waals surface area contributed by atoms with Gasteiger partial charge in [-0.2, -0.15) is 0 Å². The standard InChI is InChI=1S/C20H23N5O4/c1-12-15(29-14-7-10-21-17(11-14)23-13(2)26)5-6-16(22-12)24-19(28)25-18(27)20(3)8-4-9-20/h5-7,10-11H,4,8-9H2,1-3H3,(H,21,23,26)(H2,22,24,25,27,28). The van der Waals surface area contributed by atoms with Gasteiger partial charge in [-0.1, -0.05) is 13.3 Å². The number of aromatic nitrogens is 2. The number of hydrogen-bond donors (Lipinski definition) is 3. The largest absolute Gasteiger partial charge is 0.455 e. The van der Waals surface area contributed by atoms with Crippen LogP contribution in [0.15, 0.2) is 30.5 Å². The third kappa shape index (κ3) is 5.07. The van der Waals surface area contributed by atoms with Crippen LogP contribution in [0.3, 0.4) is 0 Å². The smallest absolute Gasteiger partial charge is 0.327 e. The molecule has 152 valence electrons. The molecule has 2 heterocycles. The van der Waals surface area contributed by atoms with Crippen molar-refractivity contribution < 1.29 is 19.1 Å². The fourth-order valence-corrected chi connectivity index (χ4v) is 2.91. The van der Waals surface area contributed by atoms with Crippen molar-refractivity contribution >= 4 is 29.5 Å². The topological polar surface area (TPSA) is 122 Å². The van der Waals surface area contributed by atoms with E-state index >= 15 is 0 Å². The number of pyridine rings is 2. The molecule has 2 aromatic rings. The van der Waals surface area contributed by atoms with E-state index in [1.807, 2.05) is 6.92 Å². The van der Waals surface area contributed by atoms with Crippen molar-refractivity contribution in [3.05, 3.63) is 36.2 Å². The summed E-state index contributed by atoms with van der Waals surface area (Å²) >= 11 is 0. The van der Waals surface area contributed by atoms with Crippen LogP contribution in [-0.4, -0.2) is 27.8 Å². The minimum atomic E-state index is -0.613. The molecule has 0 saturated heterocycles. The van der Waals surface area contributed by atoms with Crippen LogP contribution >= 0.6 is 0 Å². The first kappa shape index (κ1) is 20.2. The van der Waals surface area contributed by atoms with Gasteiger partial charge >= 0.3 is 6.03 Å². The molecular weight excluding hydrogens is 374 g/mol. The summed E-state index contributed by atoms with van der Waals surface area (Å²) in [6.45, 7) is 4.98. The predicted molar refractivity (Wildman–Crippen MR) is 107 cm³/mol. The summed E-state index contributed by atoms with van der Waals surface area (Å²) in [7, 11) is 0. The second-order valence-electron chi connectivity index (χ2n) is 7.26. The SMILES string of the molecule is CC(=O)Nc1cc(Oc2ccc(NC(=O)NC(=O)C3(C)CCC3)nc2C)ccn1. The number of urea groups is 1. The van der Waals surface area contributed by atoms with E-state index in [1.54, 1.807) is 31.2 Å². The monoisotopic (exact) mass is 397 g/mol. The molecule has 1 aliphatic carbocycles. The molecule has 9 heteroatoms. The van der Waals surface area contributed by atoms with E-state index in [0.717, 1.165) is 19.3 Å². The Morgan fingerprint density at radius 3 is 2.48 bits per heavy atom. The first-order valence-electron chi connectivity index (χ1n) is 9.27. The maximum Gasteiger partial charge on any atom is 0.327 e. The number of rotatable bonds is 5. The highest BCUT2D eigenvalue weighted by atomic mass is 16.5. The number of amides is 4. The molecule has 1 fully saturated rings. The van der Waals surface area contributed by atoms with Gasteiger partial charge in [-0.3, -0.25) is 20.2 Å². The third-order valence-electron chi connectivity index (χ3n) is 4.77. The lowest BCUT2D eigenvalue weighted by Crippen LogP contribution is -2.47. The van der Waals surface area contributed by atoms with E-state index in [9.17, 15) is 14.4 Å². The molecule has 29 heavy (non-hydrogen) atoms. The molecule has 0 radical (unpaired) electrons. The number of carbonyl (C=O) groups is 3. The van der Waals surface area contributed by atoms with Crippen LogP contribution in [-0.2, 0) is 9.59 Å². The van der Waals surface area contributed by atoms with Crippen molar-refractivity contribution in [1.29, 1.82) is 0 Å². The molecule has 0 bridgehead atoms. The van der Waals surface area contributed by atoms with Gasteiger partial charge in [0.25, 0.3) is 0 Å². The van der Waals surface area contributed by atoms with Crippen molar-refractivity contribution in [2.45, 2.75) is 40.0 Å². The average molecular weight is 397 g/mol. The molecular formula is C20H23N5O4. The zero-order valence-corrected chi connectivity index (χ0v) is 16.5. The summed E-state index contributed by atoms with van der Waals surface area (Å²) in [5, 5.41) is 7.51. The summed E-state index contributed by atoms with van der Waals surface area (Å²) in [4.78, 5) is 43.7. The maximum absolute atomic E-state index is 12.1. The molecule has 9 nitrogen and oxygen atoms in total. The number of carbonyl (C=O) groups excluding carboxylic acids is 3. The summed E-state index contributed by atoms with van der Waals surface area (Å²) in [6, 6.07) is 5.86. The lowest BCUT2D eigenvalue weighted by atomic mass is 9.70. The van der Waals surface area contributed by atoms with E-state index in [4.69, 9.17) is 4.74 Å². The maximum atomic E-state index is 12.1. The van der Waals surface area contributed by atoms with Gasteiger partial charge in [-0.05, 0) is 38.0 Å². The molecule has 1 saturated carbocycles. The molecule has 0 aromatic carbocycles. The molecule has 1 aliphatic rings. The van der Waals surface area contributed by atoms with Crippen molar-refractivity contribution in [3.8, 4) is 11.5 Å². The van der Waals surface area contributed by atoms with E-state index < -0.39 is 11.4 Å². The zero-order valence-electron chi connectivity index (χ0n) is 16.5. The first-order valence-corrected chi connectivity index (χ1v) is 9.27. The fourth-order valence-electron chi connectivity index (χ4n) is 2.91. The number of nitrogens with zero attached hydrogens (tertiary/aromatic N) is 2. The number of nitrogens with one attached hydrogen (secondary N) is 3. The molecule has 2 aromatic heterocycles. The zero-order chi connectivity index (χ0) is 21.0. The third-order valence-corrected chi connectivity index (χ3v) is 4.77. The quantitative estimate of drug-likeness (QED) is 0.711. The van der Waals surface area contributed by atoms with Crippen molar-refractivity contribution in [2.75, 3.05) is 10.6 Å². The van der Waals surface area contributed by atoms with E-state index in [2.05, 4.69) is 25.9 Å². The van der Waals surface area contributed by atoms with Crippen LogP contribution < -0.4 is 20.7 Å². The van der Waals surface area contributed by atoms with Gasteiger partial charge in [-0.15, -0.1) is 0 Å². The Morgan fingerprint density at radius 1 is 1.10 bits per heavy atom. The van der Waals surface area contributed by atoms with Gasteiger partial charge in [0.15, 0.2) is 0 Å². The van der Waals surface area contributed by atoms with Crippen LogP contribution in [0, 0.1) is 12.3 Å². The Labute approximate surface area is 168 Å². The molecule has 4 amide bonds. The minimum absolute atomic E-state index is 0.231. The van der Waals surface area contributed by atoms with Gasteiger partial charge in [0, 0.05) is 24.6 Å². The van der Waals surface area contributed by atoms with Gasteiger partial charge in [0.1, 0.15) is 23.1 Å². The van der Waals surface area contributed by atoms with Crippen molar-refractivity contribution in [1.82, 2.24) is 15.3 Å². The Morgan fingerprint density at radius 2 is 1.86 bits per heavy atom. The second kappa shape index (κ2) is 8.26. The average Bonchev–Trinajstić information content (AvgIpc) is 2.61. The highest BCUT2D eigenvalue weighted by Crippen LogP contribution is 2.40. The van der Waals surface area contributed by atoms with Gasteiger partial charge in [0.05, 0.1) is 5.69 Å². The highest BCUT2D eigenvalue weighted by molar-refractivity contribution is 6.02. The van der Waals surface area contributed by atoms with Crippen molar-refractivity contribution in [2.24, 2.45) is 5.41 Å². The highest BCUT2D eigenvalue weighted by Gasteiger charge is 2.39. The molecule has 0 aliphatic heterocycles. The lowest BCUT2D eigenvalue weighted by Gasteiger charge is -2.36. The summed E-state index contributed by atoms with van der Waals surface area (Å²) in [5.74, 6) is 1.13. The molecule has 3 rings (SSSR count). The molecule has 0 spiro atoms. The van der Waals surface area contributed by atoms with Crippen LogP contribution in [0.25, 0.3) is 0 Å². The molecule has 3 N–H and O–H groups in total. The van der Waals surface area contributed by atoms with Crippen LogP contribution in [0.4, 0.5) is 16.4 Å². The Kier molecular flexibility index (Phi) is 5.76. The van der Waals surface area contributed by atoms with Gasteiger partial charge in [0.2, 0.25) is 11.8 Å². The second-order valence-corrected chi connectivity index (χ2v) is 7.26. The normalized spacial score (nSPS) is 14.3. The first-order chi connectivity index (χ1) is 13.7. The van der Waals surface area contributed by atoms with Crippen LogP contribution in [0.1, 0.15) is 38.8 Å². The van der Waals surface area contributed by atoms with Gasteiger partial charge in [-0.25, -0.2) is 14.8 Å². The Balaban J connectivity index is 1.62. The minimum Gasteiger partial charge on any atom is -0.455 e. The lowest BCUT2D eigenvalue weighted by molar-refractivity contribution is -0.133. The molecule has 0 unspecified atom stereocenters. The Bertz CT molecular complexity index is 956. The number of hydrogen-bond acceptors (Lipinski definition) is 6. The van der Waals surface area contributed by atoms with Crippen molar-refractivity contribution in [3.63, 3.8) is 0 Å². The van der Waals surface area contributed by atoms with E-state index in [-0.39, 0.29) is 11.8 Å². The summed E-state index contributed by atoms with van der Waals surface area (Å²) in [6.07, 6.45) is 4.09. The fraction of sp³-hybridized carbons (Fsp3) is 0.350. The van der Waals surface area contributed by atoms with Crippen LogP contribution in [0.2, 0.25) is 0 Å². The predicted octanol–water partition coefficient (Wildman–Crippen LogP) is 3.37. The number of aryl methyl sites for hydroxylation is 1. The summed E-state index contributed by atoms with van der Waals surface area (Å²) in [5.41, 5.74) is 0.0805. The number of imide groups is 1. The Hall–Kier alpha value is -3.49. The summed E-state index contributed by atoms with van der Waals surface area (Å²) < 4.78 is 5.79. The van der Waals surface area contributed by atoms with E-state index in [0.29, 0.717) is 28.8 Å². The number of ether oxygens (including phenoxy) is 1.